The molecule has 2 aromatic rings. The molecule has 0 atom stereocenters. The second-order valence-corrected chi connectivity index (χ2v) is 4.79. The molecule has 0 aliphatic rings. The van der Waals surface area contributed by atoms with Crippen molar-refractivity contribution >= 4 is 35.0 Å². The Bertz CT molecular complexity index is 580. The van der Waals surface area contributed by atoms with Crippen LogP contribution in [0.3, 0.4) is 0 Å². The first kappa shape index (κ1) is 11.8. The van der Waals surface area contributed by atoms with Crippen LogP contribution in [0.4, 0.5) is 0 Å². The van der Waals surface area contributed by atoms with E-state index in [2.05, 4.69) is 9.97 Å². The summed E-state index contributed by atoms with van der Waals surface area (Å²) in [5.41, 5.74) is 0.724. The molecule has 1 N–H and O–H groups in total. The molecule has 0 aliphatic carbocycles. The van der Waals surface area contributed by atoms with Gasteiger partial charge in [0.05, 0.1) is 14.9 Å². The molecule has 2 aromatic heterocycles. The lowest BCUT2D eigenvalue weighted by atomic mass is 10.3. The lowest BCUT2D eigenvalue weighted by Gasteiger charge is -1.97. The quantitative estimate of drug-likeness (QED) is 0.868. The summed E-state index contributed by atoms with van der Waals surface area (Å²) in [5.74, 6) is -0.674. The lowest BCUT2D eigenvalue weighted by molar-refractivity contribution is -0.131. The number of halogens is 1. The monoisotopic (exact) mass is 266 g/mol. The Labute approximate surface area is 106 Å². The first-order valence-corrected chi connectivity index (χ1v) is 5.84. The number of rotatable bonds is 3. The van der Waals surface area contributed by atoms with Gasteiger partial charge in [-0.3, -0.25) is 0 Å². The Morgan fingerprint density at radius 2 is 2.24 bits per heavy atom. The Kier molecular flexibility index (Phi) is 3.51. The molecular formula is C11H7ClN2O2S. The average Bonchev–Trinajstić information content (AvgIpc) is 2.74. The third-order valence-electron chi connectivity index (χ3n) is 1.87. The van der Waals surface area contributed by atoms with Crippen LogP contribution in [-0.4, -0.2) is 21.0 Å². The maximum absolute atomic E-state index is 10.4. The number of aromatic nitrogens is 2. The standard InChI is InChI=1S/C11H7ClN2O2S/c12-9-2-1-8(17-9)7-5-6-13-10(14-7)3-4-11(15)16/h1-6H,(H,15,16)/b4-3+. The van der Waals surface area contributed by atoms with Gasteiger partial charge < -0.3 is 5.11 Å². The number of carboxylic acids is 1. The van der Waals surface area contributed by atoms with E-state index in [1.807, 2.05) is 6.07 Å². The maximum Gasteiger partial charge on any atom is 0.328 e. The Morgan fingerprint density at radius 1 is 1.41 bits per heavy atom. The van der Waals surface area contributed by atoms with E-state index in [1.54, 1.807) is 18.3 Å². The van der Waals surface area contributed by atoms with Gasteiger partial charge in [0.1, 0.15) is 0 Å². The minimum atomic E-state index is -1.03. The minimum absolute atomic E-state index is 0.356. The Morgan fingerprint density at radius 3 is 2.88 bits per heavy atom. The molecule has 0 amide bonds. The van der Waals surface area contributed by atoms with Gasteiger partial charge in [-0.2, -0.15) is 0 Å². The van der Waals surface area contributed by atoms with Crippen LogP contribution in [0.1, 0.15) is 5.82 Å². The summed E-state index contributed by atoms with van der Waals surface area (Å²) < 4.78 is 0.682. The molecule has 4 nitrogen and oxygen atoms in total. The third-order valence-corrected chi connectivity index (χ3v) is 3.13. The van der Waals surface area contributed by atoms with Crippen molar-refractivity contribution in [2.75, 3.05) is 0 Å². The van der Waals surface area contributed by atoms with Crippen molar-refractivity contribution in [1.82, 2.24) is 9.97 Å². The molecule has 2 rings (SSSR count). The molecule has 0 aliphatic heterocycles. The highest BCUT2D eigenvalue weighted by atomic mass is 35.5. The molecule has 0 fully saturated rings. The molecule has 17 heavy (non-hydrogen) atoms. The predicted octanol–water partition coefficient (Wildman–Crippen LogP) is 2.96. The predicted molar refractivity (Wildman–Crippen MR) is 67.0 cm³/mol. The van der Waals surface area contributed by atoms with Crippen LogP contribution in [0.5, 0.6) is 0 Å². The van der Waals surface area contributed by atoms with Crippen LogP contribution in [0, 0.1) is 0 Å². The molecule has 0 saturated heterocycles. The average molecular weight is 267 g/mol. The summed E-state index contributed by atoms with van der Waals surface area (Å²) in [7, 11) is 0. The molecule has 2 heterocycles. The molecule has 0 radical (unpaired) electrons. The minimum Gasteiger partial charge on any atom is -0.478 e. The van der Waals surface area contributed by atoms with Gasteiger partial charge in [-0.25, -0.2) is 14.8 Å². The largest absolute Gasteiger partial charge is 0.478 e. The molecule has 0 bridgehead atoms. The lowest BCUT2D eigenvalue weighted by Crippen LogP contribution is -1.91. The Hall–Kier alpha value is -1.72. The van der Waals surface area contributed by atoms with E-state index in [0.29, 0.717) is 10.2 Å². The van der Waals surface area contributed by atoms with Gasteiger partial charge in [-0.05, 0) is 24.3 Å². The summed E-state index contributed by atoms with van der Waals surface area (Å²) in [6.07, 6.45) is 3.93. The SMILES string of the molecule is O=C(O)/C=C/c1nccc(-c2ccc(Cl)s2)n1. The van der Waals surface area contributed by atoms with E-state index in [-0.39, 0.29) is 0 Å². The second-order valence-electron chi connectivity index (χ2n) is 3.08. The maximum atomic E-state index is 10.4. The second kappa shape index (κ2) is 5.07. The van der Waals surface area contributed by atoms with Crippen LogP contribution in [0.25, 0.3) is 16.6 Å². The van der Waals surface area contributed by atoms with Crippen LogP contribution in [0.15, 0.2) is 30.5 Å². The first-order chi connectivity index (χ1) is 8.15. The fraction of sp³-hybridized carbons (Fsp3) is 0. The first-order valence-electron chi connectivity index (χ1n) is 4.65. The van der Waals surface area contributed by atoms with E-state index < -0.39 is 5.97 Å². The highest BCUT2D eigenvalue weighted by Crippen LogP contribution is 2.29. The number of thiophene rings is 1. The van der Waals surface area contributed by atoms with Crippen LogP contribution in [0.2, 0.25) is 4.34 Å². The van der Waals surface area contributed by atoms with Crippen molar-refractivity contribution in [3.8, 4) is 10.6 Å². The molecule has 0 unspecified atom stereocenters. The topological polar surface area (TPSA) is 63.1 Å². The van der Waals surface area contributed by atoms with E-state index in [1.165, 1.54) is 17.4 Å². The number of carboxylic acid groups (broad SMARTS) is 1. The summed E-state index contributed by atoms with van der Waals surface area (Å²) >= 11 is 7.24. The molecule has 0 spiro atoms. The summed E-state index contributed by atoms with van der Waals surface area (Å²) in [6, 6.07) is 5.40. The van der Waals surface area contributed by atoms with Crippen molar-refractivity contribution in [2.24, 2.45) is 0 Å². The highest BCUT2D eigenvalue weighted by molar-refractivity contribution is 7.19. The van der Waals surface area contributed by atoms with Gasteiger partial charge in [0, 0.05) is 12.3 Å². The molecule has 86 valence electrons. The van der Waals surface area contributed by atoms with E-state index in [4.69, 9.17) is 16.7 Å². The Balaban J connectivity index is 2.31. The van der Waals surface area contributed by atoms with Crippen LogP contribution >= 0.6 is 22.9 Å². The third kappa shape index (κ3) is 3.12. The number of hydrogen-bond donors (Lipinski definition) is 1. The zero-order valence-electron chi connectivity index (χ0n) is 8.50. The zero-order chi connectivity index (χ0) is 12.3. The van der Waals surface area contributed by atoms with Gasteiger partial charge in [-0.1, -0.05) is 11.6 Å². The summed E-state index contributed by atoms with van der Waals surface area (Å²) in [4.78, 5) is 19.5. The van der Waals surface area contributed by atoms with Gasteiger partial charge in [0.2, 0.25) is 0 Å². The van der Waals surface area contributed by atoms with E-state index in [0.717, 1.165) is 16.6 Å². The van der Waals surface area contributed by atoms with Crippen molar-refractivity contribution in [3.05, 3.63) is 40.6 Å². The van der Waals surface area contributed by atoms with E-state index >= 15 is 0 Å². The smallest absolute Gasteiger partial charge is 0.328 e. The number of nitrogens with zero attached hydrogens (tertiary/aromatic N) is 2. The molecule has 0 saturated carbocycles. The van der Waals surface area contributed by atoms with Crippen molar-refractivity contribution < 1.29 is 9.90 Å². The van der Waals surface area contributed by atoms with Gasteiger partial charge in [0.25, 0.3) is 0 Å². The van der Waals surface area contributed by atoms with Crippen molar-refractivity contribution in [3.63, 3.8) is 0 Å². The molecule has 6 heteroatoms. The van der Waals surface area contributed by atoms with Crippen LogP contribution < -0.4 is 0 Å². The van der Waals surface area contributed by atoms with Gasteiger partial charge in [-0.15, -0.1) is 11.3 Å². The number of carbonyl (C=O) groups is 1. The molecule has 0 aromatic carbocycles. The van der Waals surface area contributed by atoms with Crippen molar-refractivity contribution in [2.45, 2.75) is 0 Å². The van der Waals surface area contributed by atoms with Gasteiger partial charge >= 0.3 is 5.97 Å². The summed E-state index contributed by atoms with van der Waals surface area (Å²) in [5, 5.41) is 8.51. The van der Waals surface area contributed by atoms with Crippen molar-refractivity contribution in [1.29, 1.82) is 0 Å². The van der Waals surface area contributed by atoms with Crippen LogP contribution in [-0.2, 0) is 4.79 Å². The highest BCUT2D eigenvalue weighted by Gasteiger charge is 2.03. The van der Waals surface area contributed by atoms with Gasteiger partial charge in [0.15, 0.2) is 5.82 Å². The normalized spacial score (nSPS) is 10.9. The number of aliphatic carboxylic acids is 1. The fourth-order valence-electron chi connectivity index (χ4n) is 1.19. The number of hydrogen-bond acceptors (Lipinski definition) is 4. The fourth-order valence-corrected chi connectivity index (χ4v) is 2.20. The van der Waals surface area contributed by atoms with E-state index in [9.17, 15) is 4.79 Å². The zero-order valence-corrected chi connectivity index (χ0v) is 10.1. The summed E-state index contributed by atoms with van der Waals surface area (Å²) in [6.45, 7) is 0. The molecular weight excluding hydrogens is 260 g/mol.